The average Bonchev–Trinajstić information content (AvgIpc) is 3.23. The molecule has 0 N–H and O–H groups in total. The molecule has 0 aliphatic carbocycles. The van der Waals surface area contributed by atoms with Gasteiger partial charge in [0.15, 0.2) is 0 Å². The molecule has 0 spiro atoms. The van der Waals surface area contributed by atoms with E-state index in [-0.39, 0.29) is 11.8 Å². The number of amides is 1. The minimum absolute atomic E-state index is 0.156. The highest BCUT2D eigenvalue weighted by Gasteiger charge is 2.33. The fraction of sp³-hybridized carbons (Fsp3) is 0.391. The van der Waals surface area contributed by atoms with Crippen molar-refractivity contribution in [2.45, 2.75) is 31.8 Å². The maximum Gasteiger partial charge on any atom is 0.223 e. The molecular formula is C23H28N4O. The van der Waals surface area contributed by atoms with Gasteiger partial charge in [0, 0.05) is 32.0 Å². The van der Waals surface area contributed by atoms with Crippen molar-refractivity contribution in [3.8, 4) is 0 Å². The molecule has 1 aliphatic heterocycles. The number of hydrogen-bond donors (Lipinski definition) is 0. The van der Waals surface area contributed by atoms with Crippen molar-refractivity contribution in [2.24, 2.45) is 0 Å². The molecule has 146 valence electrons. The van der Waals surface area contributed by atoms with Crippen LogP contribution in [-0.2, 0) is 17.9 Å². The van der Waals surface area contributed by atoms with Crippen LogP contribution < -0.4 is 0 Å². The van der Waals surface area contributed by atoms with E-state index in [0.29, 0.717) is 13.0 Å². The fourth-order valence-corrected chi connectivity index (χ4v) is 4.09. The molecule has 0 bridgehead atoms. The third-order valence-corrected chi connectivity index (χ3v) is 5.47. The van der Waals surface area contributed by atoms with Crippen molar-refractivity contribution >= 4 is 16.9 Å². The summed E-state index contributed by atoms with van der Waals surface area (Å²) in [7, 11) is 4.20. The van der Waals surface area contributed by atoms with Crippen molar-refractivity contribution in [1.82, 2.24) is 19.4 Å². The van der Waals surface area contributed by atoms with Gasteiger partial charge in [0.25, 0.3) is 0 Å². The number of fused-ring (bicyclic) bond motifs is 1. The molecule has 1 saturated heterocycles. The standard InChI is InChI=1S/C23H28N4O/c1-25(2)13-8-14-27-21-12-7-6-11-20(21)24-23(27)19-15-22(28)26(17-19)16-18-9-4-3-5-10-18/h3-7,9-12,19H,8,13-17H2,1-2H3/t19-/m0/s1. The predicted molar refractivity (Wildman–Crippen MR) is 112 cm³/mol. The first-order valence-electron chi connectivity index (χ1n) is 10.0. The number of rotatable bonds is 7. The van der Waals surface area contributed by atoms with Crippen LogP contribution in [0, 0.1) is 0 Å². The van der Waals surface area contributed by atoms with Crippen LogP contribution in [0.3, 0.4) is 0 Å². The predicted octanol–water partition coefficient (Wildman–Crippen LogP) is 3.50. The molecular weight excluding hydrogens is 348 g/mol. The van der Waals surface area contributed by atoms with E-state index >= 15 is 0 Å². The molecule has 4 rings (SSSR count). The van der Waals surface area contributed by atoms with Crippen LogP contribution in [0.1, 0.15) is 30.1 Å². The van der Waals surface area contributed by atoms with Crippen LogP contribution in [0.5, 0.6) is 0 Å². The van der Waals surface area contributed by atoms with Crippen LogP contribution in [0.15, 0.2) is 54.6 Å². The monoisotopic (exact) mass is 376 g/mol. The third-order valence-electron chi connectivity index (χ3n) is 5.47. The Balaban J connectivity index is 1.57. The number of aromatic nitrogens is 2. The number of carbonyl (C=O) groups is 1. The highest BCUT2D eigenvalue weighted by atomic mass is 16.2. The Kier molecular flexibility index (Phi) is 5.44. The number of likely N-dealkylation sites (tertiary alicyclic amines) is 1. The van der Waals surface area contributed by atoms with Gasteiger partial charge in [-0.05, 0) is 44.8 Å². The van der Waals surface area contributed by atoms with E-state index in [1.807, 2.05) is 29.2 Å². The Hall–Kier alpha value is -2.66. The maximum atomic E-state index is 12.7. The van der Waals surface area contributed by atoms with Gasteiger partial charge in [0.1, 0.15) is 5.82 Å². The summed E-state index contributed by atoms with van der Waals surface area (Å²) >= 11 is 0. The second-order valence-corrected chi connectivity index (χ2v) is 7.93. The number of nitrogens with zero attached hydrogens (tertiary/aromatic N) is 4. The normalized spacial score (nSPS) is 17.2. The minimum Gasteiger partial charge on any atom is -0.338 e. The molecule has 0 radical (unpaired) electrons. The first-order chi connectivity index (χ1) is 13.6. The van der Waals surface area contributed by atoms with Crippen molar-refractivity contribution in [2.75, 3.05) is 27.2 Å². The van der Waals surface area contributed by atoms with Crippen molar-refractivity contribution in [3.05, 3.63) is 66.0 Å². The molecule has 2 heterocycles. The molecule has 1 amide bonds. The van der Waals surface area contributed by atoms with Crippen LogP contribution in [-0.4, -0.2) is 52.4 Å². The first kappa shape index (κ1) is 18.7. The molecule has 1 fully saturated rings. The largest absolute Gasteiger partial charge is 0.338 e. The number of benzene rings is 2. The summed E-state index contributed by atoms with van der Waals surface area (Å²) in [5, 5.41) is 0. The molecule has 5 heteroatoms. The molecule has 3 aromatic rings. The highest BCUT2D eigenvalue weighted by Crippen LogP contribution is 2.31. The molecule has 1 aliphatic rings. The third kappa shape index (κ3) is 3.94. The van der Waals surface area contributed by atoms with Gasteiger partial charge in [0.05, 0.1) is 11.0 Å². The summed E-state index contributed by atoms with van der Waals surface area (Å²) in [4.78, 5) is 21.8. The Labute approximate surface area is 166 Å². The summed E-state index contributed by atoms with van der Waals surface area (Å²) in [6.07, 6.45) is 1.61. The number of imidazole rings is 1. The van der Waals surface area contributed by atoms with Gasteiger partial charge in [-0.15, -0.1) is 0 Å². The summed E-state index contributed by atoms with van der Waals surface area (Å²) in [6.45, 7) is 3.38. The zero-order chi connectivity index (χ0) is 19.5. The zero-order valence-corrected chi connectivity index (χ0v) is 16.7. The van der Waals surface area contributed by atoms with Crippen LogP contribution in [0.4, 0.5) is 0 Å². The number of hydrogen-bond acceptors (Lipinski definition) is 3. The number of carbonyl (C=O) groups excluding carboxylic acids is 1. The molecule has 2 aromatic carbocycles. The van der Waals surface area contributed by atoms with Gasteiger partial charge in [-0.3, -0.25) is 4.79 Å². The Morgan fingerprint density at radius 2 is 1.82 bits per heavy atom. The molecule has 1 aromatic heterocycles. The van der Waals surface area contributed by atoms with E-state index in [0.717, 1.165) is 37.4 Å². The Bertz CT molecular complexity index is 948. The summed E-state index contributed by atoms with van der Waals surface area (Å²) in [5.74, 6) is 1.44. The smallest absolute Gasteiger partial charge is 0.223 e. The lowest BCUT2D eigenvalue weighted by atomic mass is 10.1. The minimum atomic E-state index is 0.156. The van der Waals surface area contributed by atoms with E-state index in [4.69, 9.17) is 4.98 Å². The summed E-state index contributed by atoms with van der Waals surface area (Å²) in [5.41, 5.74) is 3.37. The number of para-hydroxylation sites is 2. The maximum absolute atomic E-state index is 12.7. The van der Waals surface area contributed by atoms with Crippen molar-refractivity contribution in [1.29, 1.82) is 0 Å². The van der Waals surface area contributed by atoms with Crippen LogP contribution in [0.2, 0.25) is 0 Å². The molecule has 0 unspecified atom stereocenters. The zero-order valence-electron chi connectivity index (χ0n) is 16.7. The van der Waals surface area contributed by atoms with Gasteiger partial charge in [-0.2, -0.15) is 0 Å². The van der Waals surface area contributed by atoms with E-state index in [9.17, 15) is 4.79 Å². The van der Waals surface area contributed by atoms with Gasteiger partial charge in [-0.25, -0.2) is 4.98 Å². The van der Waals surface area contributed by atoms with E-state index < -0.39 is 0 Å². The van der Waals surface area contributed by atoms with E-state index in [1.54, 1.807) is 0 Å². The topological polar surface area (TPSA) is 41.4 Å². The lowest BCUT2D eigenvalue weighted by Crippen LogP contribution is -2.24. The Morgan fingerprint density at radius 3 is 2.61 bits per heavy atom. The van der Waals surface area contributed by atoms with Crippen molar-refractivity contribution in [3.63, 3.8) is 0 Å². The summed E-state index contributed by atoms with van der Waals surface area (Å²) < 4.78 is 2.34. The van der Waals surface area contributed by atoms with Crippen molar-refractivity contribution < 1.29 is 4.79 Å². The first-order valence-corrected chi connectivity index (χ1v) is 10.0. The van der Waals surface area contributed by atoms with E-state index in [2.05, 4.69) is 53.9 Å². The van der Waals surface area contributed by atoms with Gasteiger partial charge >= 0.3 is 0 Å². The highest BCUT2D eigenvalue weighted by molar-refractivity contribution is 5.81. The lowest BCUT2D eigenvalue weighted by Gasteiger charge is -2.18. The lowest BCUT2D eigenvalue weighted by molar-refractivity contribution is -0.128. The molecule has 1 atom stereocenters. The second kappa shape index (κ2) is 8.15. The molecule has 28 heavy (non-hydrogen) atoms. The van der Waals surface area contributed by atoms with E-state index in [1.165, 1.54) is 11.1 Å². The Morgan fingerprint density at radius 1 is 1.07 bits per heavy atom. The summed E-state index contributed by atoms with van der Waals surface area (Å²) in [6, 6.07) is 18.5. The molecule has 0 saturated carbocycles. The molecule has 5 nitrogen and oxygen atoms in total. The van der Waals surface area contributed by atoms with Gasteiger partial charge in [-0.1, -0.05) is 42.5 Å². The second-order valence-electron chi connectivity index (χ2n) is 7.93. The number of aryl methyl sites for hydroxylation is 1. The quantitative estimate of drug-likeness (QED) is 0.634. The van der Waals surface area contributed by atoms with Gasteiger partial charge in [0.2, 0.25) is 5.91 Å². The van der Waals surface area contributed by atoms with Gasteiger partial charge < -0.3 is 14.4 Å². The fourth-order valence-electron chi connectivity index (χ4n) is 4.09. The SMILES string of the molecule is CN(C)CCCn1c([C@H]2CC(=O)N(Cc3ccccc3)C2)nc2ccccc21. The average molecular weight is 377 g/mol. The van der Waals surface area contributed by atoms with Crippen LogP contribution in [0.25, 0.3) is 11.0 Å². The van der Waals surface area contributed by atoms with Crippen LogP contribution >= 0.6 is 0 Å².